The van der Waals surface area contributed by atoms with Gasteiger partial charge in [0.25, 0.3) is 0 Å². The average molecular weight is 548 g/mol. The molecular formula is C35H37N3O3. The quantitative estimate of drug-likeness (QED) is 0.237. The maximum Gasteiger partial charge on any atom is 0.340 e. The minimum absolute atomic E-state index is 0.346. The highest BCUT2D eigenvalue weighted by Crippen LogP contribution is 2.47. The molecule has 0 spiro atoms. The van der Waals surface area contributed by atoms with Crippen molar-refractivity contribution in [3.8, 4) is 5.75 Å². The van der Waals surface area contributed by atoms with Gasteiger partial charge in [0.2, 0.25) is 0 Å². The molecule has 1 atom stereocenters. The van der Waals surface area contributed by atoms with Gasteiger partial charge in [-0.15, -0.1) is 0 Å². The molecule has 1 heterocycles. The maximum atomic E-state index is 13.5. The van der Waals surface area contributed by atoms with Crippen LogP contribution in [0, 0.1) is 0 Å². The van der Waals surface area contributed by atoms with Crippen LogP contribution in [0.25, 0.3) is 5.57 Å². The van der Waals surface area contributed by atoms with Crippen molar-refractivity contribution < 1.29 is 14.3 Å². The van der Waals surface area contributed by atoms with Gasteiger partial charge in [0.15, 0.2) is 5.60 Å². The Morgan fingerprint density at radius 3 is 1.63 bits per heavy atom. The van der Waals surface area contributed by atoms with Crippen LogP contribution >= 0.6 is 0 Å². The number of fused-ring (bicyclic) bond motifs is 1. The molecule has 0 bridgehead atoms. The van der Waals surface area contributed by atoms with Gasteiger partial charge in [-0.3, -0.25) is 0 Å². The average Bonchev–Trinajstić information content (AvgIpc) is 3.27. The third kappa shape index (κ3) is 5.25. The van der Waals surface area contributed by atoms with Crippen LogP contribution in [0.2, 0.25) is 0 Å². The van der Waals surface area contributed by atoms with Crippen molar-refractivity contribution in [2.75, 3.05) is 64.1 Å². The van der Waals surface area contributed by atoms with E-state index >= 15 is 0 Å². The van der Waals surface area contributed by atoms with Crippen LogP contribution in [0.15, 0.2) is 97.1 Å². The Morgan fingerprint density at radius 1 is 0.683 bits per heavy atom. The fraction of sp³-hybridized carbons (Fsp3) is 0.229. The molecule has 4 aromatic rings. The number of esters is 1. The van der Waals surface area contributed by atoms with Gasteiger partial charge in [0, 0.05) is 70.5 Å². The van der Waals surface area contributed by atoms with E-state index in [1.165, 1.54) is 0 Å². The molecule has 0 radical (unpaired) electrons. The molecule has 0 saturated carbocycles. The molecule has 0 fully saturated rings. The molecule has 41 heavy (non-hydrogen) atoms. The molecule has 210 valence electrons. The first-order chi connectivity index (χ1) is 19.6. The van der Waals surface area contributed by atoms with Gasteiger partial charge in [-0.25, -0.2) is 4.79 Å². The van der Waals surface area contributed by atoms with Crippen LogP contribution in [0.3, 0.4) is 0 Å². The Bertz CT molecular complexity index is 1520. The summed E-state index contributed by atoms with van der Waals surface area (Å²) in [5.41, 5.74) is 7.24. The largest absolute Gasteiger partial charge is 0.497 e. The van der Waals surface area contributed by atoms with Crippen LogP contribution in [-0.4, -0.2) is 55.4 Å². The molecule has 0 saturated heterocycles. The Balaban J connectivity index is 1.78. The number of anilines is 3. The number of nitrogens with zero attached hydrogens (tertiary/aromatic N) is 3. The van der Waals surface area contributed by atoms with Crippen molar-refractivity contribution in [1.82, 2.24) is 0 Å². The van der Waals surface area contributed by atoms with E-state index in [1.54, 1.807) is 7.11 Å². The molecule has 0 amide bonds. The van der Waals surface area contributed by atoms with Crippen molar-refractivity contribution >= 4 is 28.6 Å². The zero-order valence-corrected chi connectivity index (χ0v) is 24.8. The Kier molecular flexibility index (Phi) is 7.50. The first-order valence-corrected chi connectivity index (χ1v) is 13.6. The number of hydrogen-bond donors (Lipinski definition) is 0. The summed E-state index contributed by atoms with van der Waals surface area (Å²) in [5.74, 6) is 0.389. The van der Waals surface area contributed by atoms with E-state index in [9.17, 15) is 4.79 Å². The topological polar surface area (TPSA) is 45.3 Å². The Hall–Kier alpha value is -4.71. The summed E-state index contributed by atoms with van der Waals surface area (Å²) in [6.07, 6.45) is 2.10. The third-order valence-corrected chi connectivity index (χ3v) is 7.65. The lowest BCUT2D eigenvalue weighted by atomic mass is 9.81. The molecule has 6 nitrogen and oxygen atoms in total. The van der Waals surface area contributed by atoms with E-state index in [1.807, 2.05) is 89.7 Å². The third-order valence-electron chi connectivity index (χ3n) is 7.65. The zero-order valence-electron chi connectivity index (χ0n) is 24.8. The molecule has 0 aromatic heterocycles. The highest BCUT2D eigenvalue weighted by molar-refractivity contribution is 5.98. The van der Waals surface area contributed by atoms with Crippen molar-refractivity contribution in [2.24, 2.45) is 0 Å². The Labute approximate surface area is 243 Å². The van der Waals surface area contributed by atoms with Gasteiger partial charge < -0.3 is 24.2 Å². The van der Waals surface area contributed by atoms with E-state index in [0.29, 0.717) is 5.56 Å². The van der Waals surface area contributed by atoms with Gasteiger partial charge in [-0.1, -0.05) is 42.5 Å². The monoisotopic (exact) mass is 547 g/mol. The molecule has 1 aliphatic heterocycles. The lowest BCUT2D eigenvalue weighted by molar-refractivity contribution is 0.0276. The minimum Gasteiger partial charge on any atom is -0.497 e. The number of hydrogen-bond acceptors (Lipinski definition) is 6. The van der Waals surface area contributed by atoms with Crippen LogP contribution in [-0.2, 0) is 10.3 Å². The van der Waals surface area contributed by atoms with Crippen molar-refractivity contribution in [1.29, 1.82) is 0 Å². The van der Waals surface area contributed by atoms with Crippen LogP contribution in [0.1, 0.15) is 32.6 Å². The van der Waals surface area contributed by atoms with Crippen molar-refractivity contribution in [3.05, 3.63) is 125 Å². The van der Waals surface area contributed by atoms with E-state index in [0.717, 1.165) is 50.6 Å². The van der Waals surface area contributed by atoms with E-state index < -0.39 is 5.60 Å². The van der Waals surface area contributed by atoms with Gasteiger partial charge in [0.1, 0.15) is 5.75 Å². The maximum absolute atomic E-state index is 13.5. The van der Waals surface area contributed by atoms with E-state index in [2.05, 4.69) is 64.4 Å². The predicted molar refractivity (Wildman–Crippen MR) is 169 cm³/mol. The summed E-state index contributed by atoms with van der Waals surface area (Å²) in [6, 6.07) is 30.6. The molecule has 0 aliphatic carbocycles. The normalized spacial score (nSPS) is 15.5. The summed E-state index contributed by atoms with van der Waals surface area (Å²) in [4.78, 5) is 19.7. The second-order valence-electron chi connectivity index (χ2n) is 10.9. The van der Waals surface area contributed by atoms with Crippen LogP contribution in [0.5, 0.6) is 5.75 Å². The van der Waals surface area contributed by atoms with Crippen LogP contribution in [0.4, 0.5) is 17.1 Å². The van der Waals surface area contributed by atoms with Gasteiger partial charge in [0.05, 0.1) is 12.7 Å². The lowest BCUT2D eigenvalue weighted by Crippen LogP contribution is -2.26. The van der Waals surface area contributed by atoms with Crippen LogP contribution < -0.4 is 19.4 Å². The second kappa shape index (κ2) is 11.0. The molecule has 1 aliphatic rings. The van der Waals surface area contributed by atoms with E-state index in [-0.39, 0.29) is 5.97 Å². The Morgan fingerprint density at radius 2 is 1.17 bits per heavy atom. The smallest absolute Gasteiger partial charge is 0.340 e. The van der Waals surface area contributed by atoms with Crippen molar-refractivity contribution in [2.45, 2.75) is 5.60 Å². The summed E-state index contributed by atoms with van der Waals surface area (Å²) >= 11 is 0. The second-order valence-corrected chi connectivity index (χ2v) is 10.9. The number of benzene rings is 4. The molecule has 1 unspecified atom stereocenters. The number of rotatable bonds is 8. The molecule has 0 N–H and O–H groups in total. The van der Waals surface area contributed by atoms with E-state index in [4.69, 9.17) is 9.47 Å². The highest BCUT2D eigenvalue weighted by Gasteiger charge is 2.46. The number of ether oxygens (including phenoxy) is 2. The summed E-state index contributed by atoms with van der Waals surface area (Å²) in [5, 5.41) is 0. The number of carbonyl (C=O) groups excluding carboxylic acids is 1. The summed E-state index contributed by atoms with van der Waals surface area (Å²) in [7, 11) is 13.7. The summed E-state index contributed by atoms with van der Waals surface area (Å²) < 4.78 is 11.9. The van der Waals surface area contributed by atoms with Gasteiger partial charge in [-0.05, 0) is 71.3 Å². The summed E-state index contributed by atoms with van der Waals surface area (Å²) in [6.45, 7) is 0. The molecule has 6 heteroatoms. The predicted octanol–water partition coefficient (Wildman–Crippen LogP) is 6.44. The molecule has 4 aromatic carbocycles. The first-order valence-electron chi connectivity index (χ1n) is 13.6. The number of carbonyl (C=O) groups is 1. The molecule has 5 rings (SSSR count). The fourth-order valence-corrected chi connectivity index (χ4v) is 5.22. The number of methoxy groups -OCH3 is 1. The fourth-order valence-electron chi connectivity index (χ4n) is 5.22. The minimum atomic E-state index is -1.14. The lowest BCUT2D eigenvalue weighted by Gasteiger charge is -2.28. The zero-order chi connectivity index (χ0) is 29.3. The first kappa shape index (κ1) is 27.8. The molecular weight excluding hydrogens is 510 g/mol. The van der Waals surface area contributed by atoms with Crippen molar-refractivity contribution in [3.63, 3.8) is 0 Å². The number of cyclic esters (lactones) is 1. The van der Waals surface area contributed by atoms with Gasteiger partial charge >= 0.3 is 5.97 Å². The SMILES string of the molecule is COc1ccc(C2(C=C(c3ccc(N(C)C)cc3)c3ccc(N(C)C)cc3)OC(=O)c3cc(N(C)C)ccc32)cc1. The standard InChI is InChI=1S/C35H37N3O3/c1-36(2)27-14-8-24(9-15-27)32(25-10-16-28(17-11-25)37(3)4)23-35(26-12-19-30(40-7)20-13-26)33-21-18-29(38(5)6)22-31(33)34(39)41-35/h8-23H,1-7H3. The van der Waals surface area contributed by atoms with Gasteiger partial charge in [-0.2, -0.15) is 0 Å². The highest BCUT2D eigenvalue weighted by atomic mass is 16.6.